The number of hydrogen-bond donors (Lipinski definition) is 1. The van der Waals surface area contributed by atoms with Crippen LogP contribution in [0.4, 0.5) is 5.82 Å². The fraction of sp³-hybridized carbons (Fsp3) is 0.357. The van der Waals surface area contributed by atoms with Gasteiger partial charge in [0, 0.05) is 16.5 Å². The molecule has 0 bridgehead atoms. The van der Waals surface area contributed by atoms with Crippen molar-refractivity contribution in [1.29, 1.82) is 0 Å². The maximum absolute atomic E-state index is 4.35. The summed E-state index contributed by atoms with van der Waals surface area (Å²) in [5.41, 5.74) is 4.08. The molecule has 2 rings (SSSR count). The van der Waals surface area contributed by atoms with E-state index >= 15 is 0 Å². The van der Waals surface area contributed by atoms with Crippen LogP contribution in [-0.2, 0) is 0 Å². The molecule has 0 fully saturated rings. The summed E-state index contributed by atoms with van der Waals surface area (Å²) < 4.78 is 0. The van der Waals surface area contributed by atoms with Crippen molar-refractivity contribution in [1.82, 2.24) is 10.2 Å². The second-order valence-corrected chi connectivity index (χ2v) is 4.84. The van der Waals surface area contributed by atoms with Crippen LogP contribution >= 0.6 is 0 Å². The van der Waals surface area contributed by atoms with Crippen LogP contribution in [0.15, 0.2) is 35.6 Å². The Morgan fingerprint density at radius 2 is 2.11 bits per heavy atom. The molecule has 1 aromatic carbocycles. The number of fused-ring (bicyclic) bond motifs is 1. The number of nitrogens with zero attached hydrogens (tertiary/aromatic N) is 3. The summed E-state index contributed by atoms with van der Waals surface area (Å²) in [6.45, 7) is 6.37. The van der Waals surface area contributed by atoms with Crippen molar-refractivity contribution in [2.45, 2.75) is 27.2 Å². The average Bonchev–Trinajstić information content (AvgIpc) is 2.35. The highest BCUT2D eigenvalue weighted by Crippen LogP contribution is 2.19. The van der Waals surface area contributed by atoms with E-state index in [2.05, 4.69) is 34.6 Å². The zero-order valence-corrected chi connectivity index (χ0v) is 11.0. The van der Waals surface area contributed by atoms with Crippen LogP contribution in [0.1, 0.15) is 27.2 Å². The zero-order valence-electron chi connectivity index (χ0n) is 11.0. The van der Waals surface area contributed by atoms with Crippen molar-refractivity contribution in [3.63, 3.8) is 0 Å². The molecule has 0 radical (unpaired) electrons. The highest BCUT2D eigenvalue weighted by Gasteiger charge is 2.02. The Morgan fingerprint density at radius 3 is 2.89 bits per heavy atom. The zero-order chi connectivity index (χ0) is 13.0. The number of aromatic nitrogens is 2. The van der Waals surface area contributed by atoms with Gasteiger partial charge in [-0.25, -0.2) is 0 Å². The van der Waals surface area contributed by atoms with Gasteiger partial charge < -0.3 is 0 Å². The molecule has 1 aromatic heterocycles. The standard InChI is InChI=1S/C14H18N4/c1-10(2)8-11(3)16-18-14-13-7-5-4-6-12(13)9-15-17-14/h4-7,9-10H,8H2,1-3H3,(H,17,18)/b16-11-. The molecule has 1 N–H and O–H groups in total. The summed E-state index contributed by atoms with van der Waals surface area (Å²) in [6.07, 6.45) is 2.73. The van der Waals surface area contributed by atoms with Crippen LogP contribution in [0, 0.1) is 5.92 Å². The van der Waals surface area contributed by atoms with E-state index in [4.69, 9.17) is 0 Å². The number of benzene rings is 1. The lowest BCUT2D eigenvalue weighted by Crippen LogP contribution is -2.03. The third-order valence-corrected chi connectivity index (χ3v) is 2.63. The fourth-order valence-corrected chi connectivity index (χ4v) is 1.90. The van der Waals surface area contributed by atoms with Crippen LogP contribution < -0.4 is 5.43 Å². The molecule has 4 nitrogen and oxygen atoms in total. The molecule has 0 unspecified atom stereocenters. The number of hydrazone groups is 1. The Bertz CT molecular complexity index is 555. The Balaban J connectivity index is 2.22. The minimum Gasteiger partial charge on any atom is -0.259 e. The van der Waals surface area contributed by atoms with Crippen LogP contribution in [0.5, 0.6) is 0 Å². The van der Waals surface area contributed by atoms with Crippen LogP contribution in [0.3, 0.4) is 0 Å². The van der Waals surface area contributed by atoms with Crippen LogP contribution in [0.25, 0.3) is 10.8 Å². The molecule has 0 saturated carbocycles. The van der Waals surface area contributed by atoms with E-state index in [-0.39, 0.29) is 0 Å². The molecule has 0 aliphatic heterocycles. The topological polar surface area (TPSA) is 50.2 Å². The molecule has 4 heteroatoms. The lowest BCUT2D eigenvalue weighted by molar-refractivity contribution is 0.681. The predicted octanol–water partition coefficient (Wildman–Crippen LogP) is 3.46. The molecule has 0 amide bonds. The number of rotatable bonds is 4. The van der Waals surface area contributed by atoms with Gasteiger partial charge in [0.15, 0.2) is 5.82 Å². The summed E-state index contributed by atoms with van der Waals surface area (Å²) in [5, 5.41) is 14.5. The smallest absolute Gasteiger partial charge is 0.176 e. The average molecular weight is 242 g/mol. The molecule has 1 heterocycles. The molecule has 94 valence electrons. The lowest BCUT2D eigenvalue weighted by Gasteiger charge is -2.06. The molecule has 0 spiro atoms. The van der Waals surface area contributed by atoms with Gasteiger partial charge in [-0.3, -0.25) is 5.43 Å². The second-order valence-electron chi connectivity index (χ2n) is 4.84. The lowest BCUT2D eigenvalue weighted by atomic mass is 10.1. The van der Waals surface area contributed by atoms with E-state index in [0.717, 1.165) is 22.9 Å². The van der Waals surface area contributed by atoms with Gasteiger partial charge >= 0.3 is 0 Å². The number of anilines is 1. The van der Waals surface area contributed by atoms with E-state index in [9.17, 15) is 0 Å². The molecule has 0 aliphatic rings. The van der Waals surface area contributed by atoms with E-state index in [0.29, 0.717) is 11.7 Å². The Kier molecular flexibility index (Phi) is 3.87. The van der Waals surface area contributed by atoms with Crippen molar-refractivity contribution >= 4 is 22.3 Å². The van der Waals surface area contributed by atoms with Gasteiger partial charge in [0.05, 0.1) is 6.20 Å². The first-order chi connectivity index (χ1) is 8.66. The van der Waals surface area contributed by atoms with Gasteiger partial charge in [-0.15, -0.1) is 5.10 Å². The van der Waals surface area contributed by atoms with Gasteiger partial charge in [0.2, 0.25) is 0 Å². The normalized spacial score (nSPS) is 12.1. The van der Waals surface area contributed by atoms with Crippen molar-refractivity contribution < 1.29 is 0 Å². The summed E-state index contributed by atoms with van der Waals surface area (Å²) in [7, 11) is 0. The minimum absolute atomic E-state index is 0.606. The van der Waals surface area contributed by atoms with Gasteiger partial charge in [0.25, 0.3) is 0 Å². The maximum Gasteiger partial charge on any atom is 0.176 e. The van der Waals surface area contributed by atoms with Gasteiger partial charge in [-0.05, 0) is 19.3 Å². The van der Waals surface area contributed by atoms with Gasteiger partial charge in [-0.1, -0.05) is 38.1 Å². The first kappa shape index (κ1) is 12.5. The maximum atomic E-state index is 4.35. The first-order valence-electron chi connectivity index (χ1n) is 6.16. The monoisotopic (exact) mass is 242 g/mol. The Morgan fingerprint density at radius 1 is 1.33 bits per heavy atom. The summed E-state index contributed by atoms with van der Waals surface area (Å²) in [6, 6.07) is 8.00. The fourth-order valence-electron chi connectivity index (χ4n) is 1.90. The van der Waals surface area contributed by atoms with Crippen molar-refractivity contribution in [3.05, 3.63) is 30.5 Å². The van der Waals surface area contributed by atoms with Crippen LogP contribution in [-0.4, -0.2) is 15.9 Å². The van der Waals surface area contributed by atoms with Gasteiger partial charge in [-0.2, -0.15) is 10.2 Å². The van der Waals surface area contributed by atoms with Crippen LogP contribution in [0.2, 0.25) is 0 Å². The first-order valence-corrected chi connectivity index (χ1v) is 6.16. The third-order valence-electron chi connectivity index (χ3n) is 2.63. The second kappa shape index (κ2) is 5.58. The largest absolute Gasteiger partial charge is 0.259 e. The molecular formula is C14H18N4. The molecule has 18 heavy (non-hydrogen) atoms. The molecule has 0 saturated heterocycles. The van der Waals surface area contributed by atoms with Crippen molar-refractivity contribution in [2.24, 2.45) is 11.0 Å². The molecule has 2 aromatic rings. The summed E-state index contributed by atoms with van der Waals surface area (Å²) in [4.78, 5) is 0. The number of hydrogen-bond acceptors (Lipinski definition) is 4. The van der Waals surface area contributed by atoms with E-state index in [1.54, 1.807) is 6.20 Å². The van der Waals surface area contributed by atoms with Crippen molar-refractivity contribution in [2.75, 3.05) is 5.43 Å². The SMILES string of the molecule is C/C(CC(C)C)=N/Nc1nncc2ccccc12. The quantitative estimate of drug-likeness (QED) is 0.659. The minimum atomic E-state index is 0.606. The Labute approximate surface area is 107 Å². The van der Waals surface area contributed by atoms with E-state index in [1.165, 1.54) is 0 Å². The van der Waals surface area contributed by atoms with Gasteiger partial charge in [0.1, 0.15) is 0 Å². The Hall–Kier alpha value is -1.97. The third kappa shape index (κ3) is 3.03. The number of nitrogens with one attached hydrogen (secondary N) is 1. The highest BCUT2D eigenvalue weighted by atomic mass is 15.3. The highest BCUT2D eigenvalue weighted by molar-refractivity contribution is 5.91. The van der Waals surface area contributed by atoms with E-state index in [1.807, 2.05) is 31.2 Å². The van der Waals surface area contributed by atoms with Crippen molar-refractivity contribution in [3.8, 4) is 0 Å². The summed E-state index contributed by atoms with van der Waals surface area (Å²) >= 11 is 0. The summed E-state index contributed by atoms with van der Waals surface area (Å²) in [5.74, 6) is 1.31. The predicted molar refractivity (Wildman–Crippen MR) is 75.7 cm³/mol. The molecular weight excluding hydrogens is 224 g/mol. The molecule has 0 aliphatic carbocycles. The molecule has 0 atom stereocenters. The van der Waals surface area contributed by atoms with E-state index < -0.39 is 0 Å².